The van der Waals surface area contributed by atoms with Crippen LogP contribution >= 0.6 is 0 Å². The topological polar surface area (TPSA) is 128 Å². The number of aromatic nitrogens is 1. The predicted molar refractivity (Wildman–Crippen MR) is 85.8 cm³/mol. The Morgan fingerprint density at radius 1 is 1.12 bits per heavy atom. The van der Waals surface area contributed by atoms with Gasteiger partial charge in [0.1, 0.15) is 0 Å². The first kappa shape index (κ1) is 20.0. The van der Waals surface area contributed by atoms with Crippen LogP contribution in [0, 0.1) is 0 Å². The summed E-state index contributed by atoms with van der Waals surface area (Å²) >= 11 is 0. The summed E-state index contributed by atoms with van der Waals surface area (Å²) in [6.07, 6.45) is 1.78. The number of aliphatic carboxylic acids is 2. The standard InChI is InChI=1S/C12H19N3O2S.C2H2O4/c1-2-18(16,17)15-9-7-14(8-10-15)11-12-5-3-4-6-13-12;3-1(4)2(5)6/h3-6H,2,7-11H2,1H3;(H,3,4)(H,5,6). The molecule has 1 aliphatic heterocycles. The molecule has 1 fully saturated rings. The molecule has 2 rings (SSSR count). The molecule has 0 amide bonds. The van der Waals surface area contributed by atoms with Crippen molar-refractivity contribution < 1.29 is 28.2 Å². The van der Waals surface area contributed by atoms with Crippen LogP contribution in [0.4, 0.5) is 0 Å². The Kier molecular flexibility index (Phi) is 7.75. The van der Waals surface area contributed by atoms with E-state index in [0.717, 1.165) is 25.3 Å². The smallest absolute Gasteiger partial charge is 0.414 e. The number of carboxylic acid groups (broad SMARTS) is 2. The first-order chi connectivity index (χ1) is 11.3. The van der Waals surface area contributed by atoms with Gasteiger partial charge < -0.3 is 10.2 Å². The van der Waals surface area contributed by atoms with Crippen LogP contribution in [0.3, 0.4) is 0 Å². The van der Waals surface area contributed by atoms with Crippen molar-refractivity contribution >= 4 is 22.0 Å². The maximum absolute atomic E-state index is 11.7. The lowest BCUT2D eigenvalue weighted by atomic mass is 10.3. The lowest BCUT2D eigenvalue weighted by Gasteiger charge is -2.33. The average molecular weight is 359 g/mol. The monoisotopic (exact) mass is 359 g/mol. The van der Waals surface area contributed by atoms with Crippen molar-refractivity contribution in [2.24, 2.45) is 0 Å². The van der Waals surface area contributed by atoms with Crippen molar-refractivity contribution in [3.8, 4) is 0 Å². The van der Waals surface area contributed by atoms with Gasteiger partial charge in [-0.15, -0.1) is 0 Å². The number of hydrogen-bond acceptors (Lipinski definition) is 6. The molecule has 0 spiro atoms. The van der Waals surface area contributed by atoms with E-state index >= 15 is 0 Å². The number of pyridine rings is 1. The summed E-state index contributed by atoms with van der Waals surface area (Å²) in [5.74, 6) is -3.46. The number of carbonyl (C=O) groups is 2. The zero-order chi connectivity index (χ0) is 18.2. The van der Waals surface area contributed by atoms with Gasteiger partial charge in [0.2, 0.25) is 10.0 Å². The highest BCUT2D eigenvalue weighted by atomic mass is 32.2. The maximum atomic E-state index is 11.7. The fraction of sp³-hybridized carbons (Fsp3) is 0.500. The van der Waals surface area contributed by atoms with Crippen LogP contribution in [-0.2, 0) is 26.2 Å². The normalized spacial score (nSPS) is 16.0. The quantitative estimate of drug-likeness (QED) is 0.702. The molecule has 0 aromatic carbocycles. The van der Waals surface area contributed by atoms with E-state index in [1.54, 1.807) is 17.4 Å². The summed E-state index contributed by atoms with van der Waals surface area (Å²) in [5, 5.41) is 14.8. The molecular weight excluding hydrogens is 338 g/mol. The minimum Gasteiger partial charge on any atom is -0.473 e. The molecule has 1 saturated heterocycles. The predicted octanol–water partition coefficient (Wildman–Crippen LogP) is -0.295. The van der Waals surface area contributed by atoms with Crippen LogP contribution in [-0.4, -0.2) is 76.7 Å². The SMILES string of the molecule is CCS(=O)(=O)N1CCN(Cc2ccccn2)CC1.O=C(O)C(=O)O. The van der Waals surface area contributed by atoms with Crippen molar-refractivity contribution in [3.63, 3.8) is 0 Å². The maximum Gasteiger partial charge on any atom is 0.414 e. The molecule has 0 saturated carbocycles. The van der Waals surface area contributed by atoms with Gasteiger partial charge in [-0.2, -0.15) is 4.31 Å². The van der Waals surface area contributed by atoms with E-state index in [1.807, 2.05) is 18.2 Å². The van der Waals surface area contributed by atoms with Crippen molar-refractivity contribution in [3.05, 3.63) is 30.1 Å². The van der Waals surface area contributed by atoms with Gasteiger partial charge in [-0.1, -0.05) is 6.07 Å². The summed E-state index contributed by atoms with van der Waals surface area (Å²) in [6, 6.07) is 5.87. The second-order valence-electron chi connectivity index (χ2n) is 5.01. The molecule has 2 heterocycles. The van der Waals surface area contributed by atoms with E-state index in [4.69, 9.17) is 19.8 Å². The lowest BCUT2D eigenvalue weighted by Crippen LogP contribution is -2.48. The van der Waals surface area contributed by atoms with Crippen molar-refractivity contribution in [2.75, 3.05) is 31.9 Å². The van der Waals surface area contributed by atoms with Crippen LogP contribution in [0.2, 0.25) is 0 Å². The summed E-state index contributed by atoms with van der Waals surface area (Å²) in [7, 11) is -3.03. The third-order valence-electron chi connectivity index (χ3n) is 3.38. The number of nitrogens with zero attached hydrogens (tertiary/aromatic N) is 3. The highest BCUT2D eigenvalue weighted by Crippen LogP contribution is 2.10. The van der Waals surface area contributed by atoms with Gasteiger partial charge >= 0.3 is 11.9 Å². The third-order valence-corrected chi connectivity index (χ3v) is 5.27. The van der Waals surface area contributed by atoms with Crippen LogP contribution in [0.1, 0.15) is 12.6 Å². The average Bonchev–Trinajstić information content (AvgIpc) is 2.57. The van der Waals surface area contributed by atoms with Crippen molar-refractivity contribution in [1.29, 1.82) is 0 Å². The van der Waals surface area contributed by atoms with E-state index < -0.39 is 22.0 Å². The molecule has 10 heteroatoms. The molecule has 9 nitrogen and oxygen atoms in total. The minimum atomic E-state index is -3.03. The van der Waals surface area contributed by atoms with Gasteiger partial charge in [0.15, 0.2) is 0 Å². The summed E-state index contributed by atoms with van der Waals surface area (Å²) < 4.78 is 25.0. The number of hydrogen-bond donors (Lipinski definition) is 2. The second-order valence-corrected chi connectivity index (χ2v) is 7.26. The summed E-state index contributed by atoms with van der Waals surface area (Å²) in [5.41, 5.74) is 1.03. The number of carboxylic acids is 2. The highest BCUT2D eigenvalue weighted by Gasteiger charge is 2.25. The number of piperazine rings is 1. The van der Waals surface area contributed by atoms with Gasteiger partial charge in [-0.25, -0.2) is 18.0 Å². The summed E-state index contributed by atoms with van der Waals surface area (Å²) in [4.78, 5) is 24.7. The molecule has 0 unspecified atom stereocenters. The molecule has 2 N–H and O–H groups in total. The Bertz CT molecular complexity index is 630. The number of rotatable bonds is 4. The molecule has 0 bridgehead atoms. The minimum absolute atomic E-state index is 0.188. The van der Waals surface area contributed by atoms with E-state index in [0.29, 0.717) is 13.1 Å². The molecular formula is C14H21N3O6S. The molecule has 24 heavy (non-hydrogen) atoms. The summed E-state index contributed by atoms with van der Waals surface area (Å²) in [6.45, 7) is 5.20. The van der Waals surface area contributed by atoms with Gasteiger partial charge in [0.25, 0.3) is 0 Å². The van der Waals surface area contributed by atoms with E-state index in [2.05, 4.69) is 9.88 Å². The first-order valence-electron chi connectivity index (χ1n) is 7.32. The van der Waals surface area contributed by atoms with Crippen LogP contribution in [0.5, 0.6) is 0 Å². The Balaban J connectivity index is 0.000000413. The molecule has 1 aliphatic rings. The zero-order valence-electron chi connectivity index (χ0n) is 13.3. The second kappa shape index (κ2) is 9.30. The lowest BCUT2D eigenvalue weighted by molar-refractivity contribution is -0.159. The Labute approximate surface area is 140 Å². The fourth-order valence-corrected chi connectivity index (χ4v) is 3.15. The third kappa shape index (κ3) is 6.60. The van der Waals surface area contributed by atoms with Crippen LogP contribution in [0.15, 0.2) is 24.4 Å². The zero-order valence-corrected chi connectivity index (χ0v) is 14.1. The molecule has 0 aliphatic carbocycles. The molecule has 1 aromatic heterocycles. The van der Waals surface area contributed by atoms with E-state index in [1.165, 1.54) is 0 Å². The first-order valence-corrected chi connectivity index (χ1v) is 8.93. The van der Waals surface area contributed by atoms with Gasteiger partial charge in [-0.05, 0) is 19.1 Å². The Morgan fingerprint density at radius 3 is 2.12 bits per heavy atom. The Morgan fingerprint density at radius 2 is 1.71 bits per heavy atom. The highest BCUT2D eigenvalue weighted by molar-refractivity contribution is 7.89. The molecule has 0 radical (unpaired) electrons. The largest absolute Gasteiger partial charge is 0.473 e. The van der Waals surface area contributed by atoms with Crippen molar-refractivity contribution in [2.45, 2.75) is 13.5 Å². The van der Waals surface area contributed by atoms with Gasteiger partial charge in [0, 0.05) is 38.9 Å². The van der Waals surface area contributed by atoms with Gasteiger partial charge in [-0.3, -0.25) is 9.88 Å². The molecule has 1 aromatic rings. The van der Waals surface area contributed by atoms with Crippen molar-refractivity contribution in [1.82, 2.24) is 14.2 Å². The molecule has 134 valence electrons. The van der Waals surface area contributed by atoms with Crippen LogP contribution in [0.25, 0.3) is 0 Å². The Hall–Kier alpha value is -2.04. The van der Waals surface area contributed by atoms with E-state index in [-0.39, 0.29) is 5.75 Å². The number of sulfonamides is 1. The van der Waals surface area contributed by atoms with E-state index in [9.17, 15) is 8.42 Å². The van der Waals surface area contributed by atoms with Crippen LogP contribution < -0.4 is 0 Å². The molecule has 0 atom stereocenters. The van der Waals surface area contributed by atoms with Gasteiger partial charge in [0.05, 0.1) is 11.4 Å². The fourth-order valence-electron chi connectivity index (χ4n) is 2.07.